The average Bonchev–Trinajstić information content (AvgIpc) is 2.80. The summed E-state index contributed by atoms with van der Waals surface area (Å²) in [5.74, 6) is 0.104. The standard InChI is InChI=1S/C12H13NO5/c1-16-8-5-3-7(4-6-8)9-10(11(14)17-2)18-12(15)13-9/h3-6,9-10H,1-2H3,(H,13,15)/t9-,10+/m1/s1. The molecule has 0 aliphatic carbocycles. The van der Waals surface area contributed by atoms with Gasteiger partial charge < -0.3 is 19.5 Å². The summed E-state index contributed by atoms with van der Waals surface area (Å²) in [6, 6.07) is 6.46. The van der Waals surface area contributed by atoms with Gasteiger partial charge in [0.05, 0.1) is 14.2 Å². The summed E-state index contributed by atoms with van der Waals surface area (Å²) >= 11 is 0. The maximum Gasteiger partial charge on any atom is 0.408 e. The highest BCUT2D eigenvalue weighted by molar-refractivity contribution is 5.83. The second kappa shape index (κ2) is 4.95. The fourth-order valence-corrected chi connectivity index (χ4v) is 1.79. The summed E-state index contributed by atoms with van der Waals surface area (Å²) < 4.78 is 14.5. The van der Waals surface area contributed by atoms with Crippen molar-refractivity contribution in [2.75, 3.05) is 14.2 Å². The van der Waals surface area contributed by atoms with Gasteiger partial charge in [-0.3, -0.25) is 0 Å². The summed E-state index contributed by atoms with van der Waals surface area (Å²) in [5, 5.41) is 2.57. The quantitative estimate of drug-likeness (QED) is 0.812. The minimum Gasteiger partial charge on any atom is -0.497 e. The minimum absolute atomic E-state index is 0.546. The van der Waals surface area contributed by atoms with Crippen molar-refractivity contribution in [2.45, 2.75) is 12.1 Å². The molecule has 1 heterocycles. The maximum absolute atomic E-state index is 11.5. The first-order chi connectivity index (χ1) is 8.65. The topological polar surface area (TPSA) is 73.9 Å². The third-order valence-corrected chi connectivity index (χ3v) is 2.72. The number of nitrogens with one attached hydrogen (secondary N) is 1. The average molecular weight is 251 g/mol. The molecule has 0 spiro atoms. The Bertz CT molecular complexity index is 456. The number of amides is 1. The number of hydrogen-bond donors (Lipinski definition) is 1. The van der Waals surface area contributed by atoms with Crippen molar-refractivity contribution in [3.63, 3.8) is 0 Å². The van der Waals surface area contributed by atoms with Gasteiger partial charge in [0, 0.05) is 0 Å². The van der Waals surface area contributed by atoms with E-state index in [0.717, 1.165) is 5.56 Å². The van der Waals surface area contributed by atoms with Crippen molar-refractivity contribution in [1.29, 1.82) is 0 Å². The molecule has 0 radical (unpaired) electrons. The first kappa shape index (κ1) is 12.2. The van der Waals surface area contributed by atoms with E-state index in [1.807, 2.05) is 0 Å². The molecule has 1 aliphatic heterocycles. The van der Waals surface area contributed by atoms with Crippen molar-refractivity contribution in [3.8, 4) is 5.75 Å². The molecule has 6 nitrogen and oxygen atoms in total. The zero-order valence-corrected chi connectivity index (χ0v) is 10.0. The highest BCUT2D eigenvalue weighted by Crippen LogP contribution is 2.27. The van der Waals surface area contributed by atoms with Gasteiger partial charge in [0.1, 0.15) is 11.8 Å². The Labute approximate surface area is 104 Å². The molecule has 96 valence electrons. The van der Waals surface area contributed by atoms with Crippen LogP contribution in [0.3, 0.4) is 0 Å². The molecule has 1 aliphatic rings. The van der Waals surface area contributed by atoms with Crippen molar-refractivity contribution in [1.82, 2.24) is 5.32 Å². The lowest BCUT2D eigenvalue weighted by atomic mass is 10.0. The van der Waals surface area contributed by atoms with Gasteiger partial charge in [-0.15, -0.1) is 0 Å². The van der Waals surface area contributed by atoms with E-state index in [1.54, 1.807) is 31.4 Å². The molecule has 18 heavy (non-hydrogen) atoms. The van der Waals surface area contributed by atoms with Gasteiger partial charge >= 0.3 is 12.1 Å². The van der Waals surface area contributed by atoms with E-state index in [1.165, 1.54) is 7.11 Å². The number of cyclic esters (lactones) is 1. The van der Waals surface area contributed by atoms with Gasteiger partial charge in [-0.05, 0) is 17.7 Å². The van der Waals surface area contributed by atoms with Crippen LogP contribution in [0, 0.1) is 0 Å². The molecule has 1 fully saturated rings. The summed E-state index contributed by atoms with van der Waals surface area (Å²) in [7, 11) is 2.81. The molecule has 1 aromatic carbocycles. The first-order valence-corrected chi connectivity index (χ1v) is 5.34. The van der Waals surface area contributed by atoms with Gasteiger partial charge in [0.2, 0.25) is 6.10 Å². The summed E-state index contributed by atoms with van der Waals surface area (Å²) in [5.41, 5.74) is 0.747. The van der Waals surface area contributed by atoms with Gasteiger partial charge in [0.25, 0.3) is 0 Å². The Hall–Kier alpha value is -2.24. The van der Waals surface area contributed by atoms with Crippen LogP contribution in [0.1, 0.15) is 11.6 Å². The third-order valence-electron chi connectivity index (χ3n) is 2.72. The largest absolute Gasteiger partial charge is 0.497 e. The van der Waals surface area contributed by atoms with Crippen LogP contribution in [0.5, 0.6) is 5.75 Å². The molecule has 0 unspecified atom stereocenters. The number of carbonyl (C=O) groups is 2. The van der Waals surface area contributed by atoms with Gasteiger partial charge in [-0.2, -0.15) is 0 Å². The fourth-order valence-electron chi connectivity index (χ4n) is 1.79. The number of rotatable bonds is 3. The molecular weight excluding hydrogens is 238 g/mol. The normalized spacial score (nSPS) is 22.0. The Morgan fingerprint density at radius 2 is 1.94 bits per heavy atom. The molecule has 6 heteroatoms. The second-order valence-corrected chi connectivity index (χ2v) is 3.74. The van der Waals surface area contributed by atoms with E-state index in [0.29, 0.717) is 5.75 Å². The maximum atomic E-state index is 11.5. The van der Waals surface area contributed by atoms with Gasteiger partial charge in [-0.1, -0.05) is 12.1 Å². The summed E-state index contributed by atoms with van der Waals surface area (Å²) in [6.45, 7) is 0. The minimum atomic E-state index is -0.962. The van der Waals surface area contributed by atoms with Crippen LogP contribution >= 0.6 is 0 Å². The van der Waals surface area contributed by atoms with Crippen molar-refractivity contribution in [3.05, 3.63) is 29.8 Å². The van der Waals surface area contributed by atoms with Crippen LogP contribution in [0.2, 0.25) is 0 Å². The van der Waals surface area contributed by atoms with Gasteiger partial charge in [0.15, 0.2) is 0 Å². The molecule has 2 rings (SSSR count). The predicted octanol–water partition coefficient (Wildman–Crippen LogP) is 1.02. The number of hydrogen-bond acceptors (Lipinski definition) is 5. The van der Waals surface area contributed by atoms with Crippen LogP contribution in [-0.2, 0) is 14.3 Å². The Morgan fingerprint density at radius 3 is 2.50 bits per heavy atom. The van der Waals surface area contributed by atoms with Crippen LogP contribution < -0.4 is 10.1 Å². The van der Waals surface area contributed by atoms with Crippen molar-refractivity contribution < 1.29 is 23.8 Å². The van der Waals surface area contributed by atoms with E-state index < -0.39 is 24.2 Å². The highest BCUT2D eigenvalue weighted by atomic mass is 16.6. The van der Waals surface area contributed by atoms with Crippen molar-refractivity contribution in [2.24, 2.45) is 0 Å². The summed E-state index contributed by atoms with van der Waals surface area (Å²) in [6.07, 6.45) is -1.60. The Balaban J connectivity index is 2.23. The molecule has 0 bridgehead atoms. The Kier molecular flexibility index (Phi) is 3.36. The van der Waals surface area contributed by atoms with E-state index >= 15 is 0 Å². The SMILES string of the molecule is COC(=O)[C@H]1OC(=O)N[C@@H]1c1ccc(OC)cc1. The van der Waals surface area contributed by atoms with E-state index in [9.17, 15) is 9.59 Å². The second-order valence-electron chi connectivity index (χ2n) is 3.74. The highest BCUT2D eigenvalue weighted by Gasteiger charge is 2.41. The molecular formula is C12H13NO5. The van der Waals surface area contributed by atoms with Gasteiger partial charge in [-0.25, -0.2) is 9.59 Å². The number of carbonyl (C=O) groups excluding carboxylic acids is 2. The van der Waals surface area contributed by atoms with E-state index in [4.69, 9.17) is 9.47 Å². The zero-order valence-electron chi connectivity index (χ0n) is 10.0. The smallest absolute Gasteiger partial charge is 0.408 e. The summed E-state index contributed by atoms with van der Waals surface area (Å²) in [4.78, 5) is 22.7. The number of ether oxygens (including phenoxy) is 3. The number of benzene rings is 1. The molecule has 1 N–H and O–H groups in total. The number of alkyl carbamates (subject to hydrolysis) is 1. The lowest BCUT2D eigenvalue weighted by Gasteiger charge is -2.15. The molecule has 1 saturated heterocycles. The van der Waals surface area contributed by atoms with E-state index in [2.05, 4.69) is 10.1 Å². The van der Waals surface area contributed by atoms with Crippen LogP contribution in [-0.4, -0.2) is 32.4 Å². The monoisotopic (exact) mass is 251 g/mol. The Morgan fingerprint density at radius 1 is 1.28 bits per heavy atom. The van der Waals surface area contributed by atoms with Crippen molar-refractivity contribution >= 4 is 12.1 Å². The molecule has 2 atom stereocenters. The molecule has 0 saturated carbocycles. The van der Waals surface area contributed by atoms with E-state index in [-0.39, 0.29) is 0 Å². The lowest BCUT2D eigenvalue weighted by Crippen LogP contribution is -2.30. The van der Waals surface area contributed by atoms with Crippen LogP contribution in [0.25, 0.3) is 0 Å². The lowest BCUT2D eigenvalue weighted by molar-refractivity contribution is -0.149. The molecule has 0 aromatic heterocycles. The third kappa shape index (κ3) is 2.22. The predicted molar refractivity (Wildman–Crippen MR) is 61.2 cm³/mol. The fraction of sp³-hybridized carbons (Fsp3) is 0.333. The number of methoxy groups -OCH3 is 2. The molecule has 1 amide bonds. The van der Waals surface area contributed by atoms with Crippen LogP contribution in [0.15, 0.2) is 24.3 Å². The molecule has 1 aromatic rings. The number of esters is 1. The van der Waals surface area contributed by atoms with Crippen LogP contribution in [0.4, 0.5) is 4.79 Å². The zero-order chi connectivity index (χ0) is 13.1. The first-order valence-electron chi connectivity index (χ1n) is 5.34.